The van der Waals surface area contributed by atoms with Crippen molar-refractivity contribution in [3.63, 3.8) is 0 Å². The van der Waals surface area contributed by atoms with Gasteiger partial charge in [0.1, 0.15) is 0 Å². The summed E-state index contributed by atoms with van der Waals surface area (Å²) in [6, 6.07) is 0. The molecule has 96 valence electrons. The van der Waals surface area contributed by atoms with Crippen LogP contribution in [0.4, 0.5) is 0 Å². The van der Waals surface area contributed by atoms with Crippen molar-refractivity contribution in [1.29, 1.82) is 0 Å². The molecular formula is C15H31N. The molecule has 0 N–H and O–H groups in total. The molecule has 0 saturated heterocycles. The van der Waals surface area contributed by atoms with Crippen LogP contribution < -0.4 is 0 Å². The van der Waals surface area contributed by atoms with Crippen molar-refractivity contribution in [2.45, 2.75) is 53.4 Å². The molecule has 0 aromatic rings. The van der Waals surface area contributed by atoms with E-state index in [-0.39, 0.29) is 0 Å². The summed E-state index contributed by atoms with van der Waals surface area (Å²) < 4.78 is 0. The molecule has 0 fully saturated rings. The minimum absolute atomic E-state index is 0.728. The molecule has 0 saturated carbocycles. The average molecular weight is 225 g/mol. The highest BCUT2D eigenvalue weighted by molar-refractivity contribution is 4.78. The number of allylic oxidation sites excluding steroid dienone is 1. The lowest BCUT2D eigenvalue weighted by Gasteiger charge is -2.25. The lowest BCUT2D eigenvalue weighted by atomic mass is 9.92. The fourth-order valence-corrected chi connectivity index (χ4v) is 2.21. The second-order valence-corrected chi connectivity index (χ2v) is 4.74. The number of rotatable bonds is 10. The van der Waals surface area contributed by atoms with Crippen LogP contribution in [0.25, 0.3) is 0 Å². The molecule has 0 aliphatic rings. The van der Waals surface area contributed by atoms with Crippen molar-refractivity contribution in [2.24, 2.45) is 11.8 Å². The maximum atomic E-state index is 3.92. The fraction of sp³-hybridized carbons (Fsp3) is 0.867. The highest BCUT2D eigenvalue weighted by Crippen LogP contribution is 2.19. The topological polar surface area (TPSA) is 3.24 Å². The van der Waals surface area contributed by atoms with E-state index in [0.717, 1.165) is 11.8 Å². The van der Waals surface area contributed by atoms with E-state index < -0.39 is 0 Å². The molecule has 16 heavy (non-hydrogen) atoms. The first-order valence-electron chi connectivity index (χ1n) is 7.06. The van der Waals surface area contributed by atoms with Gasteiger partial charge in [-0.2, -0.15) is 0 Å². The zero-order chi connectivity index (χ0) is 12.4. The van der Waals surface area contributed by atoms with Gasteiger partial charge in [0, 0.05) is 6.54 Å². The SMILES string of the molecule is C=CC(CC)CCC(CC)CN(CC)CC. The van der Waals surface area contributed by atoms with Crippen LogP contribution in [0.3, 0.4) is 0 Å². The van der Waals surface area contributed by atoms with E-state index in [1.165, 1.54) is 45.3 Å². The Labute approximate surface area is 103 Å². The first kappa shape index (κ1) is 15.7. The number of hydrogen-bond acceptors (Lipinski definition) is 1. The van der Waals surface area contributed by atoms with Gasteiger partial charge in [-0.05, 0) is 44.2 Å². The lowest BCUT2D eigenvalue weighted by molar-refractivity contribution is 0.234. The van der Waals surface area contributed by atoms with E-state index in [0.29, 0.717) is 0 Å². The summed E-state index contributed by atoms with van der Waals surface area (Å²) in [7, 11) is 0. The third-order valence-electron chi connectivity index (χ3n) is 3.79. The zero-order valence-corrected chi connectivity index (χ0v) is 11.8. The smallest absolute Gasteiger partial charge is 0.000933 e. The second kappa shape index (κ2) is 9.89. The van der Waals surface area contributed by atoms with E-state index in [1.807, 2.05) is 0 Å². The molecule has 0 amide bonds. The first-order chi connectivity index (χ1) is 7.71. The van der Waals surface area contributed by atoms with Crippen LogP contribution in [-0.4, -0.2) is 24.5 Å². The summed E-state index contributed by atoms with van der Waals surface area (Å²) in [5.74, 6) is 1.60. The van der Waals surface area contributed by atoms with Crippen LogP contribution in [0.15, 0.2) is 12.7 Å². The standard InChI is InChI=1S/C15H31N/c1-6-14(7-2)11-12-15(8-3)13-16(9-4)10-5/h6,14-15H,1,7-13H2,2-5H3. The fourth-order valence-electron chi connectivity index (χ4n) is 2.21. The van der Waals surface area contributed by atoms with E-state index >= 15 is 0 Å². The van der Waals surface area contributed by atoms with Crippen LogP contribution in [0.2, 0.25) is 0 Å². The van der Waals surface area contributed by atoms with E-state index in [4.69, 9.17) is 0 Å². The van der Waals surface area contributed by atoms with E-state index in [9.17, 15) is 0 Å². The van der Waals surface area contributed by atoms with Gasteiger partial charge in [0.25, 0.3) is 0 Å². The summed E-state index contributed by atoms with van der Waals surface area (Å²) in [6.07, 6.45) is 7.36. The molecule has 0 aromatic carbocycles. The second-order valence-electron chi connectivity index (χ2n) is 4.74. The number of nitrogens with zero attached hydrogens (tertiary/aromatic N) is 1. The Bertz CT molecular complexity index is 161. The van der Waals surface area contributed by atoms with Gasteiger partial charge in [0.15, 0.2) is 0 Å². The van der Waals surface area contributed by atoms with Crippen LogP contribution in [-0.2, 0) is 0 Å². The molecule has 1 heteroatoms. The Morgan fingerprint density at radius 1 is 1.00 bits per heavy atom. The van der Waals surface area contributed by atoms with Gasteiger partial charge >= 0.3 is 0 Å². The quantitative estimate of drug-likeness (QED) is 0.500. The van der Waals surface area contributed by atoms with E-state index in [1.54, 1.807) is 0 Å². The molecule has 0 heterocycles. The van der Waals surface area contributed by atoms with Gasteiger partial charge in [0.2, 0.25) is 0 Å². The Hall–Kier alpha value is -0.300. The summed E-state index contributed by atoms with van der Waals surface area (Å²) in [6.45, 7) is 16.7. The molecule has 0 radical (unpaired) electrons. The molecule has 0 bridgehead atoms. The third-order valence-corrected chi connectivity index (χ3v) is 3.79. The van der Waals surface area contributed by atoms with Crippen molar-refractivity contribution >= 4 is 0 Å². The number of hydrogen-bond donors (Lipinski definition) is 0. The van der Waals surface area contributed by atoms with Gasteiger partial charge in [-0.1, -0.05) is 40.2 Å². The van der Waals surface area contributed by atoms with E-state index in [2.05, 4.69) is 45.2 Å². The predicted molar refractivity (Wildman–Crippen MR) is 74.8 cm³/mol. The lowest BCUT2D eigenvalue weighted by Crippen LogP contribution is -2.29. The Morgan fingerprint density at radius 3 is 2.00 bits per heavy atom. The molecule has 1 nitrogen and oxygen atoms in total. The Balaban J connectivity index is 3.94. The minimum atomic E-state index is 0.728. The van der Waals surface area contributed by atoms with Crippen molar-refractivity contribution in [3.05, 3.63) is 12.7 Å². The van der Waals surface area contributed by atoms with Gasteiger partial charge in [-0.25, -0.2) is 0 Å². The van der Waals surface area contributed by atoms with Gasteiger partial charge in [-0.15, -0.1) is 6.58 Å². The minimum Gasteiger partial charge on any atom is -0.304 e. The van der Waals surface area contributed by atoms with Crippen LogP contribution in [0.5, 0.6) is 0 Å². The third kappa shape index (κ3) is 6.32. The van der Waals surface area contributed by atoms with Crippen molar-refractivity contribution in [1.82, 2.24) is 4.90 Å². The van der Waals surface area contributed by atoms with Crippen LogP contribution >= 0.6 is 0 Å². The summed E-state index contributed by atoms with van der Waals surface area (Å²) in [5, 5.41) is 0. The van der Waals surface area contributed by atoms with Crippen LogP contribution in [0.1, 0.15) is 53.4 Å². The summed E-state index contributed by atoms with van der Waals surface area (Å²) >= 11 is 0. The normalized spacial score (nSPS) is 15.1. The summed E-state index contributed by atoms with van der Waals surface area (Å²) in [5.41, 5.74) is 0. The Morgan fingerprint density at radius 2 is 1.62 bits per heavy atom. The summed E-state index contributed by atoms with van der Waals surface area (Å²) in [4.78, 5) is 2.54. The molecule has 0 spiro atoms. The largest absolute Gasteiger partial charge is 0.304 e. The average Bonchev–Trinajstić information content (AvgIpc) is 2.34. The molecule has 0 rings (SSSR count). The molecule has 2 unspecified atom stereocenters. The maximum Gasteiger partial charge on any atom is 0.000933 e. The first-order valence-corrected chi connectivity index (χ1v) is 7.06. The van der Waals surface area contributed by atoms with Crippen LogP contribution in [0, 0.1) is 11.8 Å². The van der Waals surface area contributed by atoms with Gasteiger partial charge in [0.05, 0.1) is 0 Å². The zero-order valence-electron chi connectivity index (χ0n) is 11.8. The Kier molecular flexibility index (Phi) is 9.71. The predicted octanol–water partition coefficient (Wildman–Crippen LogP) is 4.35. The molecule has 0 aliphatic carbocycles. The van der Waals surface area contributed by atoms with Crippen molar-refractivity contribution in [2.75, 3.05) is 19.6 Å². The van der Waals surface area contributed by atoms with Gasteiger partial charge < -0.3 is 4.90 Å². The molecule has 0 aromatic heterocycles. The molecule has 2 atom stereocenters. The monoisotopic (exact) mass is 225 g/mol. The highest BCUT2D eigenvalue weighted by atomic mass is 15.1. The van der Waals surface area contributed by atoms with Crippen molar-refractivity contribution < 1.29 is 0 Å². The maximum absolute atomic E-state index is 3.92. The van der Waals surface area contributed by atoms with Gasteiger partial charge in [-0.3, -0.25) is 0 Å². The molecular weight excluding hydrogens is 194 g/mol. The molecule has 0 aliphatic heterocycles. The highest BCUT2D eigenvalue weighted by Gasteiger charge is 2.12. The van der Waals surface area contributed by atoms with Crippen molar-refractivity contribution in [3.8, 4) is 0 Å².